The number of benzene rings is 1. The minimum Gasteiger partial charge on any atom is -0.489 e. The van der Waals surface area contributed by atoms with E-state index >= 15 is 0 Å². The lowest BCUT2D eigenvalue weighted by atomic mass is 10.0. The number of rotatable bonds is 0. The number of carbonyl (C=O) groups is 1. The van der Waals surface area contributed by atoms with Crippen LogP contribution in [0.3, 0.4) is 0 Å². The Balaban J connectivity index is 2.22. The average molecular weight is 190 g/mol. The number of ketones is 1. The first-order valence-electron chi connectivity index (χ1n) is 4.81. The van der Waals surface area contributed by atoms with Crippen LogP contribution in [0, 0.1) is 0 Å². The molecule has 1 aromatic rings. The minimum absolute atomic E-state index is 0.157. The molecule has 1 aromatic carbocycles. The van der Waals surface area contributed by atoms with Crippen molar-refractivity contribution in [3.8, 4) is 11.5 Å². The first kappa shape index (κ1) is 7.85. The maximum absolute atomic E-state index is 11.5. The van der Waals surface area contributed by atoms with E-state index in [0.29, 0.717) is 30.9 Å². The molecule has 72 valence electrons. The Hall–Kier alpha value is -1.51. The molecule has 3 nitrogen and oxygen atoms in total. The van der Waals surface area contributed by atoms with Crippen LogP contribution in [0.1, 0.15) is 22.3 Å². The third-order valence-electron chi connectivity index (χ3n) is 2.69. The van der Waals surface area contributed by atoms with Gasteiger partial charge in [0.05, 0.1) is 18.8 Å². The highest BCUT2D eigenvalue weighted by atomic mass is 16.5. The zero-order valence-electron chi connectivity index (χ0n) is 7.71. The van der Waals surface area contributed by atoms with Crippen molar-refractivity contribution < 1.29 is 14.3 Å². The van der Waals surface area contributed by atoms with Crippen LogP contribution in [0.4, 0.5) is 0 Å². The van der Waals surface area contributed by atoms with Gasteiger partial charge in [0.2, 0.25) is 0 Å². The molecule has 2 aliphatic rings. The van der Waals surface area contributed by atoms with Gasteiger partial charge in [-0.15, -0.1) is 0 Å². The molecule has 3 heteroatoms. The van der Waals surface area contributed by atoms with Gasteiger partial charge >= 0.3 is 0 Å². The Morgan fingerprint density at radius 1 is 1.00 bits per heavy atom. The van der Waals surface area contributed by atoms with Crippen LogP contribution in [-0.4, -0.2) is 19.0 Å². The summed E-state index contributed by atoms with van der Waals surface area (Å²) in [5.74, 6) is 1.61. The van der Waals surface area contributed by atoms with Gasteiger partial charge in [-0.2, -0.15) is 0 Å². The fourth-order valence-electron chi connectivity index (χ4n) is 1.96. The number of Topliss-reactive ketones (excluding diaryl/α,β-unsaturated/α-hetero) is 1. The van der Waals surface area contributed by atoms with E-state index in [1.807, 2.05) is 12.1 Å². The van der Waals surface area contributed by atoms with Crippen LogP contribution in [0.2, 0.25) is 0 Å². The Bertz CT molecular complexity index is 409. The first-order valence-corrected chi connectivity index (χ1v) is 4.81. The second-order valence-corrected chi connectivity index (χ2v) is 3.55. The molecule has 0 radical (unpaired) electrons. The number of hydrogen-bond donors (Lipinski definition) is 0. The van der Waals surface area contributed by atoms with E-state index in [1.54, 1.807) is 0 Å². The lowest BCUT2D eigenvalue weighted by Gasteiger charge is -2.18. The monoisotopic (exact) mass is 190 g/mol. The smallest absolute Gasteiger partial charge is 0.172 e. The fraction of sp³-hybridized carbons (Fsp3) is 0.364. The Labute approximate surface area is 81.6 Å². The summed E-state index contributed by atoms with van der Waals surface area (Å²) < 4.78 is 11.0. The molecule has 0 amide bonds. The van der Waals surface area contributed by atoms with Crippen molar-refractivity contribution >= 4 is 5.78 Å². The molecule has 2 heterocycles. The molecule has 0 aliphatic carbocycles. The lowest BCUT2D eigenvalue weighted by molar-refractivity contribution is 0.0930. The largest absolute Gasteiger partial charge is 0.489 e. The minimum atomic E-state index is 0.157. The second-order valence-electron chi connectivity index (χ2n) is 3.55. The summed E-state index contributed by atoms with van der Waals surface area (Å²) in [7, 11) is 0. The van der Waals surface area contributed by atoms with E-state index in [-0.39, 0.29) is 5.78 Å². The zero-order valence-corrected chi connectivity index (χ0v) is 7.71. The van der Waals surface area contributed by atoms with E-state index in [1.165, 1.54) is 0 Å². The third kappa shape index (κ3) is 0.953. The quantitative estimate of drug-likeness (QED) is 0.623. The predicted octanol–water partition coefficient (Wildman–Crippen LogP) is 1.59. The molecule has 0 N–H and O–H groups in total. The lowest BCUT2D eigenvalue weighted by Crippen LogP contribution is -2.15. The maximum Gasteiger partial charge on any atom is 0.172 e. The third-order valence-corrected chi connectivity index (χ3v) is 2.69. The van der Waals surface area contributed by atoms with Gasteiger partial charge in [-0.25, -0.2) is 0 Å². The molecule has 0 spiro atoms. The molecule has 2 aliphatic heterocycles. The van der Waals surface area contributed by atoms with Crippen LogP contribution in [-0.2, 0) is 6.42 Å². The summed E-state index contributed by atoms with van der Waals surface area (Å²) >= 11 is 0. The van der Waals surface area contributed by atoms with Gasteiger partial charge in [-0.1, -0.05) is 6.07 Å². The standard InChI is InChI=1S/C11H10O3/c12-9-4-6-14-11-8(9)2-1-7-3-5-13-10(7)11/h1-2H,3-6H2. The molecule has 14 heavy (non-hydrogen) atoms. The van der Waals surface area contributed by atoms with Crippen molar-refractivity contribution in [1.82, 2.24) is 0 Å². The topological polar surface area (TPSA) is 35.5 Å². The van der Waals surface area contributed by atoms with Crippen molar-refractivity contribution in [2.45, 2.75) is 12.8 Å². The maximum atomic E-state index is 11.5. The highest BCUT2D eigenvalue weighted by molar-refractivity contribution is 6.00. The molecule has 0 atom stereocenters. The van der Waals surface area contributed by atoms with E-state index in [4.69, 9.17) is 9.47 Å². The van der Waals surface area contributed by atoms with Gasteiger partial charge in [0.1, 0.15) is 0 Å². The molecule has 0 saturated heterocycles. The number of carbonyl (C=O) groups excluding carboxylic acids is 1. The number of fused-ring (bicyclic) bond motifs is 3. The zero-order chi connectivity index (χ0) is 9.54. The summed E-state index contributed by atoms with van der Waals surface area (Å²) in [5, 5.41) is 0. The van der Waals surface area contributed by atoms with E-state index < -0.39 is 0 Å². The Morgan fingerprint density at radius 2 is 1.79 bits per heavy atom. The van der Waals surface area contributed by atoms with Gasteiger partial charge in [-0.05, 0) is 6.07 Å². The molecule has 0 bridgehead atoms. The average Bonchev–Trinajstić information content (AvgIpc) is 2.66. The van der Waals surface area contributed by atoms with Crippen LogP contribution in [0.15, 0.2) is 12.1 Å². The van der Waals surface area contributed by atoms with Crippen molar-refractivity contribution in [2.24, 2.45) is 0 Å². The normalized spacial score (nSPS) is 18.1. The Kier molecular flexibility index (Phi) is 1.54. The summed E-state index contributed by atoms with van der Waals surface area (Å²) in [6.45, 7) is 1.18. The molecule has 3 rings (SSSR count). The summed E-state index contributed by atoms with van der Waals surface area (Å²) in [5.41, 5.74) is 1.83. The van der Waals surface area contributed by atoms with Gasteiger partial charge in [-0.3, -0.25) is 4.79 Å². The highest BCUT2D eigenvalue weighted by Crippen LogP contribution is 2.40. The van der Waals surface area contributed by atoms with Crippen LogP contribution in [0.25, 0.3) is 0 Å². The molecule has 0 saturated carbocycles. The van der Waals surface area contributed by atoms with Crippen LogP contribution in [0.5, 0.6) is 11.5 Å². The highest BCUT2D eigenvalue weighted by Gasteiger charge is 2.26. The number of hydrogen-bond acceptors (Lipinski definition) is 3. The van der Waals surface area contributed by atoms with Crippen molar-refractivity contribution in [3.63, 3.8) is 0 Å². The van der Waals surface area contributed by atoms with E-state index in [9.17, 15) is 4.79 Å². The van der Waals surface area contributed by atoms with Crippen LogP contribution < -0.4 is 9.47 Å². The summed E-state index contributed by atoms with van der Waals surface area (Å²) in [6, 6.07) is 3.82. The molecular formula is C11H10O3. The van der Waals surface area contributed by atoms with Crippen molar-refractivity contribution in [1.29, 1.82) is 0 Å². The Morgan fingerprint density at radius 3 is 2.71 bits per heavy atom. The second kappa shape index (κ2) is 2.74. The molecular weight excluding hydrogens is 180 g/mol. The summed E-state index contributed by atoms with van der Waals surface area (Å²) in [6.07, 6.45) is 1.39. The first-order chi connectivity index (χ1) is 6.86. The number of ether oxygens (including phenoxy) is 2. The van der Waals surface area contributed by atoms with Gasteiger partial charge < -0.3 is 9.47 Å². The van der Waals surface area contributed by atoms with Crippen molar-refractivity contribution in [3.05, 3.63) is 23.3 Å². The van der Waals surface area contributed by atoms with Gasteiger partial charge in [0.15, 0.2) is 17.3 Å². The molecule has 0 aromatic heterocycles. The molecule has 0 unspecified atom stereocenters. The molecule has 0 fully saturated rings. The van der Waals surface area contributed by atoms with Gasteiger partial charge in [0.25, 0.3) is 0 Å². The van der Waals surface area contributed by atoms with E-state index in [2.05, 4.69) is 0 Å². The summed E-state index contributed by atoms with van der Waals surface area (Å²) in [4.78, 5) is 11.5. The fourth-order valence-corrected chi connectivity index (χ4v) is 1.96. The van der Waals surface area contributed by atoms with Crippen molar-refractivity contribution in [2.75, 3.05) is 13.2 Å². The predicted molar refractivity (Wildman–Crippen MR) is 50.1 cm³/mol. The van der Waals surface area contributed by atoms with E-state index in [0.717, 1.165) is 17.7 Å². The SMILES string of the molecule is O=C1CCOc2c1ccc1c2OCC1. The van der Waals surface area contributed by atoms with Gasteiger partial charge in [0, 0.05) is 18.4 Å². The van der Waals surface area contributed by atoms with Crippen LogP contribution >= 0.6 is 0 Å².